The summed E-state index contributed by atoms with van der Waals surface area (Å²) in [4.78, 5) is 2.10. The van der Waals surface area contributed by atoms with E-state index in [-0.39, 0.29) is 6.10 Å². The second-order valence-corrected chi connectivity index (χ2v) is 4.34. The molecule has 0 saturated carbocycles. The molecular weight excluding hydrogens is 172 g/mol. The molecule has 1 aliphatic rings. The number of likely N-dealkylation sites (N-methyl/N-ethyl adjacent to an activating group) is 1. The van der Waals surface area contributed by atoms with Gasteiger partial charge in [-0.2, -0.15) is 0 Å². The Labute approximate surface area is 78.9 Å². The van der Waals surface area contributed by atoms with Gasteiger partial charge < -0.3 is 10.0 Å². The van der Waals surface area contributed by atoms with Crippen LogP contribution in [0.25, 0.3) is 0 Å². The molecule has 0 aliphatic carbocycles. The van der Waals surface area contributed by atoms with E-state index in [0.717, 1.165) is 19.5 Å². The number of rotatable bonds is 2. The third-order valence-corrected chi connectivity index (χ3v) is 3.28. The summed E-state index contributed by atoms with van der Waals surface area (Å²) in [7, 11) is 4.05. The van der Waals surface area contributed by atoms with Crippen molar-refractivity contribution in [3.63, 3.8) is 0 Å². The highest BCUT2D eigenvalue weighted by atomic mass is 32.2. The predicted molar refractivity (Wildman–Crippen MR) is 53.2 cm³/mol. The van der Waals surface area contributed by atoms with Crippen molar-refractivity contribution < 1.29 is 5.11 Å². The van der Waals surface area contributed by atoms with Crippen molar-refractivity contribution in [2.75, 3.05) is 33.4 Å². The summed E-state index contributed by atoms with van der Waals surface area (Å²) in [6, 6.07) is 0.297. The van der Waals surface area contributed by atoms with Crippen LogP contribution >= 0.6 is 11.9 Å². The third kappa shape index (κ3) is 2.36. The zero-order chi connectivity index (χ0) is 9.14. The minimum Gasteiger partial charge on any atom is -0.391 e. The van der Waals surface area contributed by atoms with Gasteiger partial charge in [-0.3, -0.25) is 0 Å². The first-order chi connectivity index (χ1) is 5.65. The SMILES string of the molecule is CSN1CCC(O)C(N(C)C)C1. The van der Waals surface area contributed by atoms with Crippen LogP contribution in [0, 0.1) is 0 Å². The topological polar surface area (TPSA) is 26.7 Å². The summed E-state index contributed by atoms with van der Waals surface area (Å²) >= 11 is 1.76. The first kappa shape index (κ1) is 10.3. The van der Waals surface area contributed by atoms with E-state index in [0.29, 0.717) is 6.04 Å². The van der Waals surface area contributed by atoms with Crippen LogP contribution in [0.5, 0.6) is 0 Å². The molecule has 1 N–H and O–H groups in total. The molecular formula is C8H18N2OS. The molecule has 0 aromatic rings. The molecule has 3 nitrogen and oxygen atoms in total. The Morgan fingerprint density at radius 2 is 2.17 bits per heavy atom. The van der Waals surface area contributed by atoms with Crippen molar-refractivity contribution >= 4 is 11.9 Å². The van der Waals surface area contributed by atoms with Gasteiger partial charge in [-0.25, -0.2) is 4.31 Å². The summed E-state index contributed by atoms with van der Waals surface area (Å²) in [6.45, 7) is 1.97. The Kier molecular flexibility index (Phi) is 3.83. The highest BCUT2D eigenvalue weighted by Crippen LogP contribution is 2.19. The van der Waals surface area contributed by atoms with Crippen molar-refractivity contribution in [2.24, 2.45) is 0 Å². The minimum absolute atomic E-state index is 0.150. The molecule has 0 aromatic heterocycles. The molecule has 0 bridgehead atoms. The molecule has 0 amide bonds. The molecule has 2 unspecified atom stereocenters. The highest BCUT2D eigenvalue weighted by Gasteiger charge is 2.28. The van der Waals surface area contributed by atoms with Crippen LogP contribution in [0.1, 0.15) is 6.42 Å². The zero-order valence-electron chi connectivity index (χ0n) is 8.03. The summed E-state index contributed by atoms with van der Waals surface area (Å²) in [5, 5.41) is 9.68. The fourth-order valence-corrected chi connectivity index (χ4v) is 2.15. The molecule has 12 heavy (non-hydrogen) atoms. The molecule has 1 fully saturated rings. The van der Waals surface area contributed by atoms with Crippen LogP contribution < -0.4 is 0 Å². The van der Waals surface area contributed by atoms with Crippen LogP contribution in [0.15, 0.2) is 0 Å². The normalized spacial score (nSPS) is 32.8. The second-order valence-electron chi connectivity index (χ2n) is 3.46. The Morgan fingerprint density at radius 1 is 1.50 bits per heavy atom. The highest BCUT2D eigenvalue weighted by molar-refractivity contribution is 7.96. The van der Waals surface area contributed by atoms with Crippen LogP contribution in [-0.4, -0.2) is 59.9 Å². The maximum Gasteiger partial charge on any atom is 0.0720 e. The second kappa shape index (κ2) is 4.46. The molecule has 4 heteroatoms. The number of hydrogen-bond acceptors (Lipinski definition) is 4. The molecule has 1 rings (SSSR count). The Bertz CT molecular complexity index is 143. The summed E-state index contributed by atoms with van der Waals surface area (Å²) in [5.41, 5.74) is 0. The molecule has 1 aliphatic heterocycles. The average Bonchev–Trinajstić information content (AvgIpc) is 2.05. The number of aliphatic hydroxyl groups excluding tert-OH is 1. The molecule has 0 spiro atoms. The van der Waals surface area contributed by atoms with Gasteiger partial charge in [-0.15, -0.1) is 0 Å². The van der Waals surface area contributed by atoms with Gasteiger partial charge in [0.15, 0.2) is 0 Å². The third-order valence-electron chi connectivity index (χ3n) is 2.43. The van der Waals surface area contributed by atoms with Crippen molar-refractivity contribution in [2.45, 2.75) is 18.6 Å². The van der Waals surface area contributed by atoms with Gasteiger partial charge >= 0.3 is 0 Å². The lowest BCUT2D eigenvalue weighted by Crippen LogP contribution is -2.50. The van der Waals surface area contributed by atoms with E-state index in [1.807, 2.05) is 14.1 Å². The first-order valence-electron chi connectivity index (χ1n) is 4.28. The number of nitrogens with zero attached hydrogens (tertiary/aromatic N) is 2. The Morgan fingerprint density at radius 3 is 2.67 bits per heavy atom. The quantitative estimate of drug-likeness (QED) is 0.632. The number of hydrogen-bond donors (Lipinski definition) is 1. The average molecular weight is 190 g/mol. The van der Waals surface area contributed by atoms with E-state index in [4.69, 9.17) is 0 Å². The van der Waals surface area contributed by atoms with Gasteiger partial charge in [-0.1, -0.05) is 11.9 Å². The molecule has 1 heterocycles. The van der Waals surface area contributed by atoms with Gasteiger partial charge in [0.05, 0.1) is 6.10 Å². The monoisotopic (exact) mass is 190 g/mol. The molecule has 2 atom stereocenters. The Hall–Kier alpha value is 0.230. The zero-order valence-corrected chi connectivity index (χ0v) is 8.84. The summed E-state index contributed by atoms with van der Waals surface area (Å²) in [6.07, 6.45) is 2.83. The number of piperidine rings is 1. The van der Waals surface area contributed by atoms with Gasteiger partial charge in [0, 0.05) is 19.1 Å². The summed E-state index contributed by atoms with van der Waals surface area (Å²) < 4.78 is 2.30. The lowest BCUT2D eigenvalue weighted by atomic mass is 10.0. The molecule has 1 saturated heterocycles. The smallest absolute Gasteiger partial charge is 0.0720 e. The Balaban J connectivity index is 2.47. The van der Waals surface area contributed by atoms with E-state index in [1.165, 1.54) is 0 Å². The molecule has 0 radical (unpaired) electrons. The molecule has 0 aromatic carbocycles. The standard InChI is InChI=1S/C8H18N2OS/c1-9(2)7-6-10(12-3)5-4-8(7)11/h7-8,11H,4-6H2,1-3H3. The van der Waals surface area contributed by atoms with E-state index in [9.17, 15) is 5.11 Å². The van der Waals surface area contributed by atoms with Crippen molar-refractivity contribution in [3.05, 3.63) is 0 Å². The largest absolute Gasteiger partial charge is 0.391 e. The van der Waals surface area contributed by atoms with E-state index in [1.54, 1.807) is 11.9 Å². The van der Waals surface area contributed by atoms with E-state index < -0.39 is 0 Å². The van der Waals surface area contributed by atoms with Gasteiger partial charge in [-0.05, 0) is 26.8 Å². The van der Waals surface area contributed by atoms with Gasteiger partial charge in [0.25, 0.3) is 0 Å². The fourth-order valence-electron chi connectivity index (χ4n) is 1.56. The van der Waals surface area contributed by atoms with Crippen LogP contribution in [0.4, 0.5) is 0 Å². The van der Waals surface area contributed by atoms with E-state index >= 15 is 0 Å². The summed E-state index contributed by atoms with van der Waals surface area (Å²) in [5.74, 6) is 0. The minimum atomic E-state index is -0.150. The van der Waals surface area contributed by atoms with Crippen molar-refractivity contribution in [3.8, 4) is 0 Å². The maximum atomic E-state index is 9.68. The fraction of sp³-hybridized carbons (Fsp3) is 1.00. The lowest BCUT2D eigenvalue weighted by molar-refractivity contribution is 0.0327. The van der Waals surface area contributed by atoms with Crippen LogP contribution in [0.2, 0.25) is 0 Å². The van der Waals surface area contributed by atoms with Gasteiger partial charge in [0.1, 0.15) is 0 Å². The first-order valence-corrected chi connectivity index (χ1v) is 5.47. The van der Waals surface area contributed by atoms with Crippen molar-refractivity contribution in [1.29, 1.82) is 0 Å². The number of aliphatic hydroxyl groups is 1. The maximum absolute atomic E-state index is 9.68. The van der Waals surface area contributed by atoms with Crippen molar-refractivity contribution in [1.82, 2.24) is 9.21 Å². The predicted octanol–water partition coefficient (Wildman–Crippen LogP) is 0.261. The van der Waals surface area contributed by atoms with Crippen LogP contribution in [-0.2, 0) is 0 Å². The lowest BCUT2D eigenvalue weighted by Gasteiger charge is -2.38. The van der Waals surface area contributed by atoms with Crippen LogP contribution in [0.3, 0.4) is 0 Å². The van der Waals surface area contributed by atoms with Gasteiger partial charge in [0.2, 0.25) is 0 Å². The molecule has 72 valence electrons. The van der Waals surface area contributed by atoms with E-state index in [2.05, 4.69) is 15.5 Å².